The smallest absolute Gasteiger partial charge is 0.329 e. The van der Waals surface area contributed by atoms with Gasteiger partial charge in [0, 0.05) is 11.4 Å². The van der Waals surface area contributed by atoms with Crippen molar-refractivity contribution in [2.24, 2.45) is 5.10 Å². The Labute approximate surface area is 204 Å². The molecule has 3 aromatic rings. The average Bonchev–Trinajstić information content (AvgIpc) is 2.86. The van der Waals surface area contributed by atoms with Gasteiger partial charge in [0.25, 0.3) is 5.91 Å². The van der Waals surface area contributed by atoms with Crippen LogP contribution in [0.4, 0.5) is 11.4 Å². The van der Waals surface area contributed by atoms with Crippen LogP contribution >= 0.6 is 0 Å². The third kappa shape index (κ3) is 7.53. The summed E-state index contributed by atoms with van der Waals surface area (Å²) in [7, 11) is 0. The zero-order valence-electron chi connectivity index (χ0n) is 19.9. The van der Waals surface area contributed by atoms with Gasteiger partial charge >= 0.3 is 11.8 Å². The molecule has 0 fully saturated rings. The van der Waals surface area contributed by atoms with E-state index in [1.54, 1.807) is 24.3 Å². The van der Waals surface area contributed by atoms with Crippen molar-refractivity contribution in [3.05, 3.63) is 89.0 Å². The van der Waals surface area contributed by atoms with Crippen molar-refractivity contribution in [3.63, 3.8) is 0 Å². The number of benzene rings is 3. The molecule has 180 valence electrons. The van der Waals surface area contributed by atoms with Gasteiger partial charge in [-0.2, -0.15) is 5.10 Å². The number of aryl methyl sites for hydroxylation is 3. The minimum atomic E-state index is -0.876. The number of carbonyl (C=O) groups is 3. The summed E-state index contributed by atoms with van der Waals surface area (Å²) in [5, 5.41) is 9.21. The van der Waals surface area contributed by atoms with E-state index in [1.165, 1.54) is 11.8 Å². The zero-order valence-corrected chi connectivity index (χ0v) is 19.9. The highest BCUT2D eigenvalue weighted by atomic mass is 16.5. The highest BCUT2D eigenvalue weighted by Crippen LogP contribution is 2.19. The molecule has 3 aromatic carbocycles. The number of rotatable bonds is 8. The Morgan fingerprint density at radius 3 is 2.14 bits per heavy atom. The fourth-order valence-corrected chi connectivity index (χ4v) is 3.22. The molecule has 8 nitrogen and oxygen atoms in total. The molecular weight excluding hydrogens is 444 g/mol. The molecule has 0 unspecified atom stereocenters. The van der Waals surface area contributed by atoms with Crippen LogP contribution in [-0.4, -0.2) is 30.5 Å². The molecule has 0 aromatic heterocycles. The molecule has 3 N–H and O–H groups in total. The Kier molecular flexibility index (Phi) is 8.72. The first-order valence-electron chi connectivity index (χ1n) is 11.2. The molecule has 3 rings (SSSR count). The minimum absolute atomic E-state index is 0.130. The third-order valence-corrected chi connectivity index (χ3v) is 5.20. The van der Waals surface area contributed by atoms with Gasteiger partial charge in [0.1, 0.15) is 5.75 Å². The summed E-state index contributed by atoms with van der Waals surface area (Å²) >= 11 is 0. The first kappa shape index (κ1) is 25.2. The molecule has 0 bridgehead atoms. The molecule has 0 heterocycles. The standard InChI is InChI=1S/C27H28N4O4/c1-4-20-8-12-22(13-9-20)29-24(32)17-35-23-14-10-21(11-15-23)16-28-31-27(34)26(33)30-25-18(2)6-5-7-19(25)3/h5-16H,4,17H2,1-3H3,(H,29,32)(H,30,33)(H,31,34)/b28-16-. The molecule has 0 spiro atoms. The van der Waals surface area contributed by atoms with Crippen molar-refractivity contribution in [1.29, 1.82) is 0 Å². The highest BCUT2D eigenvalue weighted by molar-refractivity contribution is 6.39. The fraction of sp³-hybridized carbons (Fsp3) is 0.185. The second-order valence-electron chi connectivity index (χ2n) is 7.88. The maximum Gasteiger partial charge on any atom is 0.329 e. The van der Waals surface area contributed by atoms with Crippen LogP contribution in [0.5, 0.6) is 5.75 Å². The summed E-state index contributed by atoms with van der Waals surface area (Å²) in [6.07, 6.45) is 2.34. The SMILES string of the molecule is CCc1ccc(NC(=O)COc2ccc(/C=N\NC(=O)C(=O)Nc3c(C)cccc3C)cc2)cc1. The molecule has 35 heavy (non-hydrogen) atoms. The zero-order chi connectivity index (χ0) is 25.2. The normalized spacial score (nSPS) is 10.6. The first-order chi connectivity index (χ1) is 16.9. The second-order valence-corrected chi connectivity index (χ2v) is 7.88. The Morgan fingerprint density at radius 2 is 1.51 bits per heavy atom. The van der Waals surface area contributed by atoms with Crippen LogP contribution in [0.1, 0.15) is 29.2 Å². The molecule has 0 aliphatic rings. The van der Waals surface area contributed by atoms with E-state index in [4.69, 9.17) is 4.74 Å². The molecule has 8 heteroatoms. The number of ether oxygens (including phenoxy) is 1. The molecule has 3 amide bonds. The summed E-state index contributed by atoms with van der Waals surface area (Å²) in [4.78, 5) is 36.3. The van der Waals surface area contributed by atoms with Gasteiger partial charge in [-0.3, -0.25) is 14.4 Å². The Balaban J connectivity index is 1.44. The van der Waals surface area contributed by atoms with Crippen molar-refractivity contribution in [2.75, 3.05) is 17.2 Å². The summed E-state index contributed by atoms with van der Waals surface area (Å²) in [5.74, 6) is -1.43. The lowest BCUT2D eigenvalue weighted by Crippen LogP contribution is -2.32. The van der Waals surface area contributed by atoms with E-state index in [0.29, 0.717) is 22.7 Å². The molecule has 0 aliphatic heterocycles. The van der Waals surface area contributed by atoms with Gasteiger partial charge in [-0.1, -0.05) is 37.3 Å². The van der Waals surface area contributed by atoms with Crippen LogP contribution in [0.3, 0.4) is 0 Å². The lowest BCUT2D eigenvalue weighted by molar-refractivity contribution is -0.136. The Hall–Kier alpha value is -4.46. The second kappa shape index (κ2) is 12.1. The number of para-hydroxylation sites is 1. The molecular formula is C27H28N4O4. The quantitative estimate of drug-likeness (QED) is 0.262. The van der Waals surface area contributed by atoms with E-state index >= 15 is 0 Å². The van der Waals surface area contributed by atoms with Gasteiger partial charge in [0.15, 0.2) is 6.61 Å². The average molecular weight is 473 g/mol. The number of nitrogens with one attached hydrogen (secondary N) is 3. The van der Waals surface area contributed by atoms with Gasteiger partial charge in [-0.25, -0.2) is 5.43 Å². The van der Waals surface area contributed by atoms with Crippen LogP contribution < -0.4 is 20.8 Å². The van der Waals surface area contributed by atoms with Crippen molar-refractivity contribution in [3.8, 4) is 5.75 Å². The van der Waals surface area contributed by atoms with Gasteiger partial charge < -0.3 is 15.4 Å². The van der Waals surface area contributed by atoms with Gasteiger partial charge in [-0.15, -0.1) is 0 Å². The van der Waals surface area contributed by atoms with Crippen molar-refractivity contribution < 1.29 is 19.1 Å². The van der Waals surface area contributed by atoms with Crippen LogP contribution in [0, 0.1) is 13.8 Å². The van der Waals surface area contributed by atoms with E-state index < -0.39 is 11.8 Å². The predicted molar refractivity (Wildman–Crippen MR) is 137 cm³/mol. The summed E-state index contributed by atoms with van der Waals surface area (Å²) < 4.78 is 5.51. The number of hydrogen-bond donors (Lipinski definition) is 3. The fourth-order valence-electron chi connectivity index (χ4n) is 3.22. The molecule has 0 saturated carbocycles. The summed E-state index contributed by atoms with van der Waals surface area (Å²) in [6, 6.07) is 20.0. The number of carbonyl (C=O) groups excluding carboxylic acids is 3. The summed E-state index contributed by atoms with van der Waals surface area (Å²) in [6.45, 7) is 5.64. The first-order valence-corrected chi connectivity index (χ1v) is 11.2. The topological polar surface area (TPSA) is 109 Å². The number of hydrazone groups is 1. The van der Waals surface area contributed by atoms with Crippen molar-refractivity contribution in [1.82, 2.24) is 5.43 Å². The van der Waals surface area contributed by atoms with Crippen molar-refractivity contribution in [2.45, 2.75) is 27.2 Å². The van der Waals surface area contributed by atoms with E-state index in [-0.39, 0.29) is 12.5 Å². The molecule has 0 saturated heterocycles. The van der Waals surface area contributed by atoms with E-state index in [0.717, 1.165) is 17.5 Å². The number of amides is 3. The summed E-state index contributed by atoms with van der Waals surface area (Å²) in [5.41, 5.74) is 7.13. The lowest BCUT2D eigenvalue weighted by atomic mass is 10.1. The maximum absolute atomic E-state index is 12.1. The van der Waals surface area contributed by atoms with Crippen LogP contribution in [0.2, 0.25) is 0 Å². The molecule has 0 radical (unpaired) electrons. The maximum atomic E-state index is 12.1. The van der Waals surface area contributed by atoms with Crippen LogP contribution in [0.25, 0.3) is 0 Å². The van der Waals surface area contributed by atoms with Crippen LogP contribution in [0.15, 0.2) is 71.8 Å². The number of anilines is 2. The number of nitrogens with zero attached hydrogens (tertiary/aromatic N) is 1. The van der Waals surface area contributed by atoms with E-state index in [9.17, 15) is 14.4 Å². The molecule has 0 atom stereocenters. The third-order valence-electron chi connectivity index (χ3n) is 5.20. The highest BCUT2D eigenvalue weighted by Gasteiger charge is 2.15. The molecule has 0 aliphatic carbocycles. The van der Waals surface area contributed by atoms with E-state index in [1.807, 2.05) is 56.3 Å². The minimum Gasteiger partial charge on any atom is -0.484 e. The predicted octanol–water partition coefficient (Wildman–Crippen LogP) is 3.97. The van der Waals surface area contributed by atoms with Gasteiger partial charge in [0.05, 0.1) is 6.21 Å². The Morgan fingerprint density at radius 1 is 0.857 bits per heavy atom. The number of hydrogen-bond acceptors (Lipinski definition) is 5. The van der Waals surface area contributed by atoms with Gasteiger partial charge in [0.2, 0.25) is 0 Å². The monoisotopic (exact) mass is 472 g/mol. The Bertz CT molecular complexity index is 1200. The van der Waals surface area contributed by atoms with Crippen LogP contribution in [-0.2, 0) is 20.8 Å². The van der Waals surface area contributed by atoms with E-state index in [2.05, 4.69) is 28.1 Å². The van der Waals surface area contributed by atoms with Gasteiger partial charge in [-0.05, 0) is 78.9 Å². The van der Waals surface area contributed by atoms with Crippen molar-refractivity contribution >= 4 is 35.3 Å². The largest absolute Gasteiger partial charge is 0.484 e. The lowest BCUT2D eigenvalue weighted by Gasteiger charge is -2.10.